The zero-order valence-electron chi connectivity index (χ0n) is 11.2. The Balaban J connectivity index is 4.17. The van der Waals surface area contributed by atoms with Gasteiger partial charge in [-0.2, -0.15) is 0 Å². The third kappa shape index (κ3) is 8.55. The molecular weight excluding hydrogens is 240 g/mol. The van der Waals surface area contributed by atoms with Gasteiger partial charge < -0.3 is 14.2 Å². The highest BCUT2D eigenvalue weighted by Gasteiger charge is 2.22. The van der Waals surface area contributed by atoms with E-state index < -0.39 is 24.1 Å². The minimum atomic E-state index is -0.526. The second-order valence-electron chi connectivity index (χ2n) is 3.94. The van der Waals surface area contributed by atoms with Gasteiger partial charge in [-0.05, 0) is 19.8 Å². The fourth-order valence-corrected chi connectivity index (χ4v) is 1.44. The molecule has 0 saturated carbocycles. The largest absolute Gasteiger partial charge is 0.466 e. The Hall–Kier alpha value is -1.59. The van der Waals surface area contributed by atoms with Crippen molar-refractivity contribution < 1.29 is 28.6 Å². The maximum atomic E-state index is 10.9. The summed E-state index contributed by atoms with van der Waals surface area (Å²) >= 11 is 0. The topological polar surface area (TPSA) is 78.9 Å². The van der Waals surface area contributed by atoms with Crippen LogP contribution < -0.4 is 0 Å². The van der Waals surface area contributed by atoms with E-state index in [0.717, 1.165) is 0 Å². The van der Waals surface area contributed by atoms with Crippen LogP contribution in [0.4, 0.5) is 0 Å². The molecule has 0 amide bonds. The average Bonchev–Trinajstić information content (AvgIpc) is 2.20. The van der Waals surface area contributed by atoms with Gasteiger partial charge in [-0.3, -0.25) is 14.4 Å². The van der Waals surface area contributed by atoms with Crippen molar-refractivity contribution in [2.24, 2.45) is 0 Å². The standard InChI is InChI=1S/C12H20O6/c1-8(17-10(3)14)12(18-11(4)15)6-5-7-16-9(2)13/h8,12H,5-7H2,1-4H3/t8-,12+/m1/s1. The molecule has 0 aliphatic carbocycles. The van der Waals surface area contributed by atoms with Crippen molar-refractivity contribution in [1.82, 2.24) is 0 Å². The molecule has 0 radical (unpaired) electrons. The van der Waals surface area contributed by atoms with Crippen LogP contribution >= 0.6 is 0 Å². The highest BCUT2D eigenvalue weighted by Crippen LogP contribution is 2.11. The molecule has 0 aromatic rings. The van der Waals surface area contributed by atoms with Crippen LogP contribution in [0.25, 0.3) is 0 Å². The van der Waals surface area contributed by atoms with Gasteiger partial charge >= 0.3 is 17.9 Å². The van der Waals surface area contributed by atoms with Crippen LogP contribution in [-0.2, 0) is 28.6 Å². The minimum absolute atomic E-state index is 0.250. The molecule has 0 aliphatic rings. The molecule has 18 heavy (non-hydrogen) atoms. The molecule has 0 unspecified atom stereocenters. The van der Waals surface area contributed by atoms with E-state index in [9.17, 15) is 14.4 Å². The second kappa shape index (κ2) is 8.49. The van der Waals surface area contributed by atoms with Crippen LogP contribution in [0.1, 0.15) is 40.5 Å². The van der Waals surface area contributed by atoms with E-state index in [-0.39, 0.29) is 12.6 Å². The summed E-state index contributed by atoms with van der Waals surface area (Å²) in [5.41, 5.74) is 0. The first-order valence-corrected chi connectivity index (χ1v) is 5.80. The molecule has 0 saturated heterocycles. The molecule has 0 N–H and O–H groups in total. The lowest BCUT2D eigenvalue weighted by atomic mass is 10.1. The van der Waals surface area contributed by atoms with E-state index in [1.165, 1.54) is 20.8 Å². The predicted octanol–water partition coefficient (Wildman–Crippen LogP) is 1.21. The molecule has 0 fully saturated rings. The lowest BCUT2D eigenvalue weighted by Gasteiger charge is -2.23. The van der Waals surface area contributed by atoms with Crippen molar-refractivity contribution in [3.05, 3.63) is 0 Å². The number of carbonyl (C=O) groups is 3. The second-order valence-corrected chi connectivity index (χ2v) is 3.94. The fourth-order valence-electron chi connectivity index (χ4n) is 1.44. The van der Waals surface area contributed by atoms with Gasteiger partial charge in [0.2, 0.25) is 0 Å². The maximum absolute atomic E-state index is 10.9. The molecular formula is C12H20O6. The molecule has 0 bridgehead atoms. The SMILES string of the molecule is CC(=O)OCCC[C@H](OC(C)=O)[C@@H](C)OC(C)=O. The van der Waals surface area contributed by atoms with Gasteiger partial charge in [0.05, 0.1) is 6.61 Å². The normalized spacial score (nSPS) is 13.3. The van der Waals surface area contributed by atoms with Crippen molar-refractivity contribution in [1.29, 1.82) is 0 Å². The number of ether oxygens (including phenoxy) is 3. The Labute approximate surface area is 107 Å². The molecule has 0 aromatic carbocycles. The number of esters is 3. The first kappa shape index (κ1) is 16.4. The average molecular weight is 260 g/mol. The fraction of sp³-hybridized carbons (Fsp3) is 0.750. The monoisotopic (exact) mass is 260 g/mol. The van der Waals surface area contributed by atoms with Gasteiger partial charge in [-0.25, -0.2) is 0 Å². The Morgan fingerprint density at radius 2 is 1.50 bits per heavy atom. The van der Waals surface area contributed by atoms with E-state index in [4.69, 9.17) is 14.2 Å². The van der Waals surface area contributed by atoms with Crippen molar-refractivity contribution in [2.75, 3.05) is 6.61 Å². The third-order valence-corrected chi connectivity index (χ3v) is 2.13. The molecule has 6 heteroatoms. The number of rotatable bonds is 7. The van der Waals surface area contributed by atoms with Gasteiger partial charge in [-0.15, -0.1) is 0 Å². The third-order valence-electron chi connectivity index (χ3n) is 2.13. The van der Waals surface area contributed by atoms with E-state index in [0.29, 0.717) is 12.8 Å². The summed E-state index contributed by atoms with van der Waals surface area (Å²) in [6.07, 6.45) is -0.0598. The lowest BCUT2D eigenvalue weighted by Crippen LogP contribution is -2.32. The van der Waals surface area contributed by atoms with Crippen LogP contribution in [0.5, 0.6) is 0 Å². The van der Waals surface area contributed by atoms with Crippen molar-refractivity contribution in [3.8, 4) is 0 Å². The summed E-state index contributed by atoms with van der Waals surface area (Å²) in [4.78, 5) is 32.3. The smallest absolute Gasteiger partial charge is 0.303 e. The van der Waals surface area contributed by atoms with Gasteiger partial charge in [0.25, 0.3) is 0 Å². The number of carbonyl (C=O) groups excluding carboxylic acids is 3. The van der Waals surface area contributed by atoms with Crippen LogP contribution in [0.3, 0.4) is 0 Å². The first-order chi connectivity index (χ1) is 8.32. The lowest BCUT2D eigenvalue weighted by molar-refractivity contribution is -0.164. The minimum Gasteiger partial charge on any atom is -0.466 e. The quantitative estimate of drug-likeness (QED) is 0.389. The van der Waals surface area contributed by atoms with E-state index >= 15 is 0 Å². The Morgan fingerprint density at radius 3 is 1.94 bits per heavy atom. The van der Waals surface area contributed by atoms with E-state index in [1.54, 1.807) is 6.92 Å². The van der Waals surface area contributed by atoms with Gasteiger partial charge in [0.1, 0.15) is 12.2 Å². The van der Waals surface area contributed by atoms with E-state index in [2.05, 4.69) is 0 Å². The molecule has 104 valence electrons. The van der Waals surface area contributed by atoms with Crippen molar-refractivity contribution in [2.45, 2.75) is 52.7 Å². The Morgan fingerprint density at radius 1 is 0.944 bits per heavy atom. The number of hydrogen-bond donors (Lipinski definition) is 0. The van der Waals surface area contributed by atoms with Gasteiger partial charge in [0.15, 0.2) is 0 Å². The Kier molecular flexibility index (Phi) is 7.74. The van der Waals surface area contributed by atoms with Crippen molar-refractivity contribution in [3.63, 3.8) is 0 Å². The summed E-state index contributed by atoms with van der Waals surface area (Å²) in [6, 6.07) is 0. The van der Waals surface area contributed by atoms with Gasteiger partial charge in [-0.1, -0.05) is 0 Å². The summed E-state index contributed by atoms with van der Waals surface area (Å²) < 4.78 is 14.8. The number of hydrogen-bond acceptors (Lipinski definition) is 6. The van der Waals surface area contributed by atoms with Crippen LogP contribution in [0.2, 0.25) is 0 Å². The summed E-state index contributed by atoms with van der Waals surface area (Å²) in [6.45, 7) is 5.81. The molecule has 6 nitrogen and oxygen atoms in total. The zero-order chi connectivity index (χ0) is 14.1. The summed E-state index contributed by atoms with van der Waals surface area (Å²) in [5, 5.41) is 0. The first-order valence-electron chi connectivity index (χ1n) is 5.80. The molecule has 0 spiro atoms. The van der Waals surface area contributed by atoms with Crippen molar-refractivity contribution >= 4 is 17.9 Å². The molecule has 0 aromatic heterocycles. The highest BCUT2D eigenvalue weighted by atomic mass is 16.6. The summed E-state index contributed by atoms with van der Waals surface area (Å²) in [7, 11) is 0. The van der Waals surface area contributed by atoms with Crippen LogP contribution in [0.15, 0.2) is 0 Å². The van der Waals surface area contributed by atoms with Gasteiger partial charge in [0, 0.05) is 20.8 Å². The molecule has 0 rings (SSSR count). The highest BCUT2D eigenvalue weighted by molar-refractivity contribution is 5.67. The zero-order valence-corrected chi connectivity index (χ0v) is 11.2. The Bertz CT molecular complexity index is 299. The molecule has 2 atom stereocenters. The molecule has 0 heterocycles. The van der Waals surface area contributed by atoms with E-state index in [1.807, 2.05) is 0 Å². The predicted molar refractivity (Wildman–Crippen MR) is 62.6 cm³/mol. The maximum Gasteiger partial charge on any atom is 0.303 e. The van der Waals surface area contributed by atoms with Crippen LogP contribution in [0, 0.1) is 0 Å². The molecule has 0 aliphatic heterocycles. The summed E-state index contributed by atoms with van der Waals surface area (Å²) in [5.74, 6) is -1.22. The van der Waals surface area contributed by atoms with Crippen LogP contribution in [-0.4, -0.2) is 36.7 Å².